The van der Waals surface area contributed by atoms with Gasteiger partial charge in [0.05, 0.1) is 0 Å². The molecule has 0 amide bonds. The molecule has 1 aromatic heterocycles. The zero-order valence-corrected chi connectivity index (χ0v) is 13.0. The van der Waals surface area contributed by atoms with Gasteiger partial charge in [-0.1, -0.05) is 60.7 Å². The third-order valence-corrected chi connectivity index (χ3v) is 3.62. The monoisotopic (exact) mass is 322 g/mol. The van der Waals surface area contributed by atoms with Crippen molar-refractivity contribution >= 4 is 28.7 Å². The fourth-order valence-electron chi connectivity index (χ4n) is 2.20. The van der Waals surface area contributed by atoms with E-state index in [-0.39, 0.29) is 5.78 Å². The number of anilines is 1. The van der Waals surface area contributed by atoms with E-state index in [9.17, 15) is 4.79 Å². The molecule has 0 aliphatic heterocycles. The molecule has 0 fully saturated rings. The first-order chi connectivity index (χ1) is 11.3. The van der Waals surface area contributed by atoms with Gasteiger partial charge in [0, 0.05) is 11.3 Å². The summed E-state index contributed by atoms with van der Waals surface area (Å²) >= 11 is 5.46. The molecule has 0 bridgehead atoms. The third kappa shape index (κ3) is 3.49. The van der Waals surface area contributed by atoms with Crippen LogP contribution in [0.1, 0.15) is 16.4 Å². The lowest BCUT2D eigenvalue weighted by Crippen LogP contribution is -2.31. The van der Waals surface area contributed by atoms with Crippen LogP contribution in [0.3, 0.4) is 0 Å². The highest BCUT2D eigenvalue weighted by molar-refractivity contribution is 7.80. The molecule has 1 atom stereocenters. The molecule has 1 N–H and O–H groups in total. The van der Waals surface area contributed by atoms with Gasteiger partial charge in [0.15, 0.2) is 11.8 Å². The predicted molar refractivity (Wildman–Crippen MR) is 92.5 cm³/mol. The number of ketones is 1. The topological polar surface area (TPSA) is 59.8 Å². The number of Topliss-reactive ketones (excluding diaryl/α,β-unsaturated/α-hetero) is 1. The summed E-state index contributed by atoms with van der Waals surface area (Å²) in [6, 6.07) is 17.8. The molecular weight excluding hydrogens is 308 g/mol. The second kappa shape index (κ2) is 6.93. The van der Waals surface area contributed by atoms with Crippen molar-refractivity contribution in [3.05, 3.63) is 78.9 Å². The number of hydrogen-bond donors (Lipinski definition) is 1. The second-order valence-electron chi connectivity index (χ2n) is 4.86. The Morgan fingerprint density at radius 1 is 1.04 bits per heavy atom. The highest BCUT2D eigenvalue weighted by Gasteiger charge is 2.27. The van der Waals surface area contributed by atoms with Crippen molar-refractivity contribution in [1.29, 1.82) is 0 Å². The van der Waals surface area contributed by atoms with Crippen LogP contribution in [0.15, 0.2) is 73.3 Å². The van der Waals surface area contributed by atoms with Crippen molar-refractivity contribution < 1.29 is 4.79 Å². The van der Waals surface area contributed by atoms with Gasteiger partial charge >= 0.3 is 0 Å². The molecule has 0 spiro atoms. The van der Waals surface area contributed by atoms with Gasteiger partial charge in [0.25, 0.3) is 0 Å². The van der Waals surface area contributed by atoms with Crippen molar-refractivity contribution in [2.45, 2.75) is 6.04 Å². The van der Waals surface area contributed by atoms with Gasteiger partial charge in [0.1, 0.15) is 17.6 Å². The Kier molecular flexibility index (Phi) is 4.54. The summed E-state index contributed by atoms with van der Waals surface area (Å²) in [5.41, 5.74) is 1.40. The van der Waals surface area contributed by atoms with Gasteiger partial charge in [-0.15, -0.1) is 0 Å². The maximum Gasteiger partial charge on any atom is 0.194 e. The van der Waals surface area contributed by atoms with Gasteiger partial charge in [0.2, 0.25) is 0 Å². The minimum Gasteiger partial charge on any atom is -0.348 e. The lowest BCUT2D eigenvalue weighted by Gasteiger charge is -2.18. The summed E-state index contributed by atoms with van der Waals surface area (Å²) in [5.74, 6) is -0.135. The molecular formula is C17H14N4OS. The Morgan fingerprint density at radius 3 is 2.30 bits per heavy atom. The Hall–Kier alpha value is -2.86. The zero-order chi connectivity index (χ0) is 16.1. The molecule has 5 nitrogen and oxygen atoms in total. The summed E-state index contributed by atoms with van der Waals surface area (Å²) in [6.45, 7) is 0. The molecule has 1 heterocycles. The summed E-state index contributed by atoms with van der Waals surface area (Å²) < 4.78 is 1.47. The van der Waals surface area contributed by atoms with Crippen molar-refractivity contribution in [3.63, 3.8) is 0 Å². The number of nitrogens with zero attached hydrogens (tertiary/aromatic N) is 3. The van der Waals surface area contributed by atoms with Crippen LogP contribution in [-0.2, 0) is 0 Å². The van der Waals surface area contributed by atoms with Crippen LogP contribution in [0.4, 0.5) is 5.69 Å². The number of thiocarbonyl (C=S) groups is 1. The number of carbonyl (C=O) groups is 1. The van der Waals surface area contributed by atoms with Crippen LogP contribution >= 0.6 is 12.2 Å². The van der Waals surface area contributed by atoms with Crippen LogP contribution in [0, 0.1) is 0 Å². The molecule has 114 valence electrons. The lowest BCUT2D eigenvalue weighted by molar-refractivity contribution is 0.0953. The highest BCUT2D eigenvalue weighted by atomic mass is 32.1. The van der Waals surface area contributed by atoms with Gasteiger partial charge in [-0.2, -0.15) is 5.10 Å². The summed E-state index contributed by atoms with van der Waals surface area (Å²) in [4.78, 5) is 17.2. The average molecular weight is 322 g/mol. The highest BCUT2D eigenvalue weighted by Crippen LogP contribution is 2.18. The second-order valence-corrected chi connectivity index (χ2v) is 5.30. The number of para-hydroxylation sites is 1. The molecule has 0 radical (unpaired) electrons. The third-order valence-electron chi connectivity index (χ3n) is 3.30. The molecule has 2 aromatic carbocycles. The quantitative estimate of drug-likeness (QED) is 0.577. The molecule has 0 aliphatic carbocycles. The van der Waals surface area contributed by atoms with E-state index in [0.29, 0.717) is 10.6 Å². The molecule has 0 saturated heterocycles. The number of rotatable bonds is 5. The minimum atomic E-state index is -0.741. The molecule has 0 unspecified atom stereocenters. The maximum absolute atomic E-state index is 12.9. The Balaban J connectivity index is 1.90. The summed E-state index contributed by atoms with van der Waals surface area (Å²) in [5, 5.41) is 7.19. The van der Waals surface area contributed by atoms with Crippen LogP contribution in [0.2, 0.25) is 0 Å². The van der Waals surface area contributed by atoms with Crippen molar-refractivity contribution in [3.8, 4) is 0 Å². The Labute approximate surface area is 139 Å². The van der Waals surface area contributed by atoms with E-state index in [1.54, 1.807) is 12.1 Å². The smallest absolute Gasteiger partial charge is 0.194 e. The molecule has 0 saturated carbocycles. The van der Waals surface area contributed by atoms with Gasteiger partial charge in [-0.05, 0) is 12.1 Å². The summed E-state index contributed by atoms with van der Waals surface area (Å²) in [6.07, 6.45) is 2.88. The fraction of sp³-hybridized carbons (Fsp3) is 0.0588. The van der Waals surface area contributed by atoms with Crippen molar-refractivity contribution in [2.75, 3.05) is 5.32 Å². The number of carbonyl (C=O) groups excluding carboxylic acids is 1. The largest absolute Gasteiger partial charge is 0.348 e. The van der Waals surface area contributed by atoms with E-state index in [4.69, 9.17) is 12.2 Å². The average Bonchev–Trinajstić information content (AvgIpc) is 3.11. The SMILES string of the molecule is O=C(c1ccccc1)[C@@H](C(=S)Nc1ccccc1)n1cncn1. The number of benzene rings is 2. The first-order valence-corrected chi connectivity index (χ1v) is 7.46. The van der Waals surface area contributed by atoms with Crippen LogP contribution < -0.4 is 5.32 Å². The summed E-state index contributed by atoms with van der Waals surface area (Å²) in [7, 11) is 0. The Bertz CT molecular complexity index is 788. The first-order valence-electron chi connectivity index (χ1n) is 7.05. The maximum atomic E-state index is 12.9. The van der Waals surface area contributed by atoms with E-state index in [1.807, 2.05) is 48.5 Å². The first kappa shape index (κ1) is 15.1. The lowest BCUT2D eigenvalue weighted by atomic mass is 10.0. The fourth-order valence-corrected chi connectivity index (χ4v) is 2.54. The zero-order valence-electron chi connectivity index (χ0n) is 12.2. The molecule has 6 heteroatoms. The number of aromatic nitrogens is 3. The minimum absolute atomic E-state index is 0.135. The van der Waals surface area contributed by atoms with Gasteiger partial charge in [-0.25, -0.2) is 9.67 Å². The normalized spacial score (nSPS) is 11.7. The van der Waals surface area contributed by atoms with Gasteiger partial charge < -0.3 is 5.32 Å². The molecule has 3 rings (SSSR count). The van der Waals surface area contributed by atoms with E-state index < -0.39 is 6.04 Å². The van der Waals surface area contributed by atoms with E-state index in [1.165, 1.54) is 17.3 Å². The van der Waals surface area contributed by atoms with Gasteiger partial charge in [-0.3, -0.25) is 4.79 Å². The molecule has 0 aliphatic rings. The van der Waals surface area contributed by atoms with Crippen molar-refractivity contribution in [2.24, 2.45) is 0 Å². The van der Waals surface area contributed by atoms with Crippen LogP contribution in [0.25, 0.3) is 0 Å². The van der Waals surface area contributed by atoms with E-state index >= 15 is 0 Å². The standard InChI is InChI=1S/C17H14N4OS/c22-16(13-7-3-1-4-8-13)15(21-12-18-11-19-21)17(23)20-14-9-5-2-6-10-14/h1-12,15H,(H,20,23)/t15-/m0/s1. The molecule has 23 heavy (non-hydrogen) atoms. The Morgan fingerprint density at radius 2 is 1.70 bits per heavy atom. The van der Waals surface area contributed by atoms with Crippen molar-refractivity contribution in [1.82, 2.24) is 14.8 Å². The number of hydrogen-bond acceptors (Lipinski definition) is 4. The van der Waals surface area contributed by atoms with E-state index in [0.717, 1.165) is 5.69 Å². The van der Waals surface area contributed by atoms with Crippen LogP contribution in [0.5, 0.6) is 0 Å². The van der Waals surface area contributed by atoms with Crippen LogP contribution in [-0.4, -0.2) is 25.5 Å². The van der Waals surface area contributed by atoms with E-state index in [2.05, 4.69) is 15.4 Å². The molecule has 3 aromatic rings. The number of nitrogens with one attached hydrogen (secondary N) is 1. The predicted octanol–water partition coefficient (Wildman–Crippen LogP) is 3.14.